The summed E-state index contributed by atoms with van der Waals surface area (Å²) in [5.74, 6) is -0.740. The lowest BCUT2D eigenvalue weighted by molar-refractivity contribution is -0.141. The van der Waals surface area contributed by atoms with Gasteiger partial charge in [-0.3, -0.25) is 9.59 Å². The van der Waals surface area contributed by atoms with Crippen LogP contribution in [0.1, 0.15) is 20.3 Å². The van der Waals surface area contributed by atoms with Crippen molar-refractivity contribution in [2.45, 2.75) is 20.3 Å². The van der Waals surface area contributed by atoms with E-state index in [9.17, 15) is 9.59 Å². The largest absolute Gasteiger partial charge is 0.466 e. The van der Waals surface area contributed by atoms with Crippen molar-refractivity contribution in [3.8, 4) is 0 Å². The van der Waals surface area contributed by atoms with Crippen LogP contribution >= 0.6 is 0 Å². The molecular formula is C13H17N3O3. The smallest absolute Gasteiger partial charge is 0.313 e. The van der Waals surface area contributed by atoms with E-state index in [0.717, 1.165) is 5.01 Å². The molecule has 0 spiro atoms. The van der Waals surface area contributed by atoms with E-state index in [1.807, 2.05) is 6.07 Å². The Hall–Kier alpha value is -2.37. The molecule has 102 valence electrons. The molecule has 0 unspecified atom stereocenters. The quantitative estimate of drug-likeness (QED) is 0.375. The first-order valence-corrected chi connectivity index (χ1v) is 5.89. The van der Waals surface area contributed by atoms with Crippen molar-refractivity contribution >= 4 is 23.4 Å². The van der Waals surface area contributed by atoms with E-state index in [0.29, 0.717) is 5.69 Å². The Morgan fingerprint density at radius 2 is 1.95 bits per heavy atom. The Morgan fingerprint density at radius 3 is 2.47 bits per heavy atom. The normalized spacial score (nSPS) is 10.9. The van der Waals surface area contributed by atoms with Gasteiger partial charge in [-0.1, -0.05) is 18.2 Å². The highest BCUT2D eigenvalue weighted by atomic mass is 16.5. The second kappa shape index (κ2) is 7.15. The topological polar surface area (TPSA) is 85.0 Å². The van der Waals surface area contributed by atoms with Crippen molar-refractivity contribution in [3.05, 3.63) is 30.3 Å². The first-order chi connectivity index (χ1) is 9.04. The Balaban J connectivity index is 2.84. The lowest BCUT2D eigenvalue weighted by Crippen LogP contribution is -2.28. The molecule has 1 aromatic carbocycles. The summed E-state index contributed by atoms with van der Waals surface area (Å²) in [5.41, 5.74) is 6.22. The second-order valence-electron chi connectivity index (χ2n) is 3.74. The molecule has 0 aromatic heterocycles. The number of para-hydroxylation sites is 1. The fourth-order valence-corrected chi connectivity index (χ4v) is 1.40. The molecule has 0 fully saturated rings. The van der Waals surface area contributed by atoms with Gasteiger partial charge in [0.2, 0.25) is 5.91 Å². The number of amidine groups is 1. The zero-order valence-electron chi connectivity index (χ0n) is 11.0. The Bertz CT molecular complexity index is 471. The predicted molar refractivity (Wildman–Crippen MR) is 72.5 cm³/mol. The average Bonchev–Trinajstić information content (AvgIpc) is 2.37. The lowest BCUT2D eigenvalue weighted by atomic mass is 10.3. The highest BCUT2D eigenvalue weighted by Gasteiger charge is 2.12. The van der Waals surface area contributed by atoms with Crippen molar-refractivity contribution in [1.29, 1.82) is 0 Å². The first-order valence-electron chi connectivity index (χ1n) is 5.89. The summed E-state index contributed by atoms with van der Waals surface area (Å²) in [4.78, 5) is 22.8. The standard InChI is InChI=1S/C13H17N3O3/c1-3-19-13(18)9-12(14)15-16(10(2)17)11-7-5-4-6-8-11/h4-8H,3,9H2,1-2H3,(H2,14,15). The van der Waals surface area contributed by atoms with Gasteiger partial charge in [-0.25, -0.2) is 0 Å². The van der Waals surface area contributed by atoms with Crippen molar-refractivity contribution in [2.75, 3.05) is 11.6 Å². The minimum Gasteiger partial charge on any atom is -0.466 e. The van der Waals surface area contributed by atoms with E-state index in [1.165, 1.54) is 6.92 Å². The SMILES string of the molecule is CCOC(=O)C/C(N)=N/N(C(C)=O)c1ccccc1. The van der Waals surface area contributed by atoms with Gasteiger partial charge in [-0.05, 0) is 19.1 Å². The molecule has 0 radical (unpaired) electrons. The number of esters is 1. The molecular weight excluding hydrogens is 246 g/mol. The fourth-order valence-electron chi connectivity index (χ4n) is 1.40. The van der Waals surface area contributed by atoms with Crippen LogP contribution in [0.25, 0.3) is 0 Å². The van der Waals surface area contributed by atoms with E-state index in [4.69, 9.17) is 10.5 Å². The van der Waals surface area contributed by atoms with E-state index in [1.54, 1.807) is 31.2 Å². The highest BCUT2D eigenvalue weighted by Crippen LogP contribution is 2.13. The molecule has 1 amide bonds. The van der Waals surface area contributed by atoms with Crippen molar-refractivity contribution in [3.63, 3.8) is 0 Å². The molecule has 0 heterocycles. The molecule has 2 N–H and O–H groups in total. The molecule has 6 heteroatoms. The lowest BCUT2D eigenvalue weighted by Gasteiger charge is -2.15. The third-order valence-electron chi connectivity index (χ3n) is 2.16. The number of carbonyl (C=O) groups excluding carboxylic acids is 2. The van der Waals surface area contributed by atoms with Crippen LogP contribution in [0.3, 0.4) is 0 Å². The number of amides is 1. The molecule has 0 aliphatic carbocycles. The number of nitrogens with zero attached hydrogens (tertiary/aromatic N) is 2. The number of anilines is 1. The number of benzene rings is 1. The monoisotopic (exact) mass is 263 g/mol. The molecule has 0 atom stereocenters. The van der Waals surface area contributed by atoms with Crippen LogP contribution < -0.4 is 10.7 Å². The van der Waals surface area contributed by atoms with Crippen LogP contribution in [0.2, 0.25) is 0 Å². The summed E-state index contributed by atoms with van der Waals surface area (Å²) in [6, 6.07) is 8.84. The molecule has 0 aliphatic rings. The minimum atomic E-state index is -0.472. The molecule has 0 saturated heterocycles. The molecule has 0 saturated carbocycles. The van der Waals surface area contributed by atoms with Crippen LogP contribution in [-0.4, -0.2) is 24.3 Å². The number of ether oxygens (including phenoxy) is 1. The average molecular weight is 263 g/mol. The Labute approximate surface area is 111 Å². The molecule has 0 bridgehead atoms. The molecule has 1 rings (SSSR count). The zero-order chi connectivity index (χ0) is 14.3. The maximum Gasteiger partial charge on any atom is 0.313 e. The van der Waals surface area contributed by atoms with Gasteiger partial charge in [0.1, 0.15) is 12.3 Å². The van der Waals surface area contributed by atoms with Gasteiger partial charge < -0.3 is 10.5 Å². The molecule has 0 aliphatic heterocycles. The van der Waals surface area contributed by atoms with Crippen LogP contribution in [0.5, 0.6) is 0 Å². The van der Waals surface area contributed by atoms with Crippen LogP contribution in [0.4, 0.5) is 5.69 Å². The van der Waals surface area contributed by atoms with Crippen molar-refractivity contribution in [1.82, 2.24) is 0 Å². The van der Waals surface area contributed by atoms with Gasteiger partial charge in [-0.2, -0.15) is 10.1 Å². The zero-order valence-corrected chi connectivity index (χ0v) is 11.0. The summed E-state index contributed by atoms with van der Waals surface area (Å²) in [6.45, 7) is 3.35. The number of carbonyl (C=O) groups is 2. The third kappa shape index (κ3) is 4.79. The van der Waals surface area contributed by atoms with Gasteiger partial charge in [-0.15, -0.1) is 0 Å². The second-order valence-corrected chi connectivity index (χ2v) is 3.74. The summed E-state index contributed by atoms with van der Waals surface area (Å²) in [5, 5.41) is 5.09. The van der Waals surface area contributed by atoms with Crippen molar-refractivity contribution < 1.29 is 14.3 Å². The number of hydrogen-bond donors (Lipinski definition) is 1. The summed E-state index contributed by atoms with van der Waals surface area (Å²) < 4.78 is 4.76. The highest BCUT2D eigenvalue weighted by molar-refractivity contribution is 6.00. The van der Waals surface area contributed by atoms with E-state index in [-0.39, 0.29) is 24.8 Å². The molecule has 6 nitrogen and oxygen atoms in total. The number of hydrogen-bond acceptors (Lipinski definition) is 4. The summed E-state index contributed by atoms with van der Waals surface area (Å²) >= 11 is 0. The van der Waals surface area contributed by atoms with Crippen LogP contribution in [0.15, 0.2) is 35.4 Å². The maximum absolute atomic E-state index is 11.5. The summed E-state index contributed by atoms with van der Waals surface area (Å²) in [6.07, 6.45) is -0.148. The fraction of sp³-hybridized carbons (Fsp3) is 0.308. The molecule has 1 aromatic rings. The van der Waals surface area contributed by atoms with E-state index < -0.39 is 5.97 Å². The number of hydrazone groups is 1. The van der Waals surface area contributed by atoms with Gasteiger partial charge in [0.25, 0.3) is 0 Å². The number of rotatable bonds is 5. The van der Waals surface area contributed by atoms with Gasteiger partial charge in [0.15, 0.2) is 0 Å². The first kappa shape index (κ1) is 14.7. The van der Waals surface area contributed by atoms with Gasteiger partial charge >= 0.3 is 5.97 Å². The summed E-state index contributed by atoms with van der Waals surface area (Å²) in [7, 11) is 0. The Morgan fingerprint density at radius 1 is 1.32 bits per heavy atom. The predicted octanol–water partition coefficient (Wildman–Crippen LogP) is 1.26. The van der Waals surface area contributed by atoms with E-state index in [2.05, 4.69) is 5.10 Å². The maximum atomic E-state index is 11.5. The van der Waals surface area contributed by atoms with E-state index >= 15 is 0 Å². The number of nitrogens with two attached hydrogens (primary N) is 1. The molecule has 19 heavy (non-hydrogen) atoms. The van der Waals surface area contributed by atoms with Gasteiger partial charge in [0.05, 0.1) is 12.3 Å². The van der Waals surface area contributed by atoms with Gasteiger partial charge in [0, 0.05) is 6.92 Å². The minimum absolute atomic E-state index is 0.0255. The van der Waals surface area contributed by atoms with Crippen LogP contribution in [0, 0.1) is 0 Å². The Kier molecular flexibility index (Phi) is 5.53. The van der Waals surface area contributed by atoms with Crippen LogP contribution in [-0.2, 0) is 14.3 Å². The third-order valence-corrected chi connectivity index (χ3v) is 2.16. The van der Waals surface area contributed by atoms with Crippen molar-refractivity contribution in [2.24, 2.45) is 10.8 Å².